The molecule has 0 saturated carbocycles. The van der Waals surface area contributed by atoms with Crippen molar-refractivity contribution in [2.75, 3.05) is 12.4 Å². The maximum absolute atomic E-state index is 13.3. The Labute approximate surface area is 150 Å². The summed E-state index contributed by atoms with van der Waals surface area (Å²) in [6, 6.07) is 6.32. The van der Waals surface area contributed by atoms with Crippen LogP contribution >= 0.6 is 0 Å². The standard InChI is InChI=1S/C17H18F2N2O4S/c1-10(12-4-6-14(18)15(19)8-12)21-26(23,24)13-5-7-16(20-11(2)22)17(9-13)25-3/h4-10,21H,1-3H3,(H,20,22)/t10-/m0/s1. The first-order valence-electron chi connectivity index (χ1n) is 7.57. The van der Waals surface area contributed by atoms with Crippen LogP contribution in [0, 0.1) is 11.6 Å². The molecule has 0 fully saturated rings. The summed E-state index contributed by atoms with van der Waals surface area (Å²) in [5, 5.41) is 2.52. The molecule has 2 N–H and O–H groups in total. The molecule has 0 unspecified atom stereocenters. The van der Waals surface area contributed by atoms with Crippen LogP contribution in [0.2, 0.25) is 0 Å². The number of hydrogen-bond acceptors (Lipinski definition) is 4. The molecule has 0 aromatic heterocycles. The number of carbonyl (C=O) groups excluding carboxylic acids is 1. The molecule has 6 nitrogen and oxygen atoms in total. The van der Waals surface area contributed by atoms with Crippen molar-refractivity contribution in [2.24, 2.45) is 0 Å². The van der Waals surface area contributed by atoms with E-state index in [0.717, 1.165) is 12.1 Å². The molecule has 9 heteroatoms. The number of rotatable bonds is 6. The van der Waals surface area contributed by atoms with E-state index in [4.69, 9.17) is 4.74 Å². The van der Waals surface area contributed by atoms with Gasteiger partial charge in [-0.1, -0.05) is 6.07 Å². The fourth-order valence-corrected chi connectivity index (χ4v) is 3.53. The average Bonchev–Trinajstić information content (AvgIpc) is 2.56. The van der Waals surface area contributed by atoms with Crippen molar-refractivity contribution < 1.29 is 26.7 Å². The number of ether oxygens (including phenoxy) is 1. The Morgan fingerprint density at radius 2 is 1.81 bits per heavy atom. The summed E-state index contributed by atoms with van der Waals surface area (Å²) in [5.74, 6) is -2.23. The topological polar surface area (TPSA) is 84.5 Å². The molecule has 0 saturated heterocycles. The van der Waals surface area contributed by atoms with Gasteiger partial charge in [0.1, 0.15) is 5.75 Å². The van der Waals surface area contributed by atoms with Crippen LogP contribution in [0.5, 0.6) is 5.75 Å². The van der Waals surface area contributed by atoms with Crippen molar-refractivity contribution in [1.82, 2.24) is 4.72 Å². The summed E-state index contributed by atoms with van der Waals surface area (Å²) in [4.78, 5) is 11.1. The van der Waals surface area contributed by atoms with Crippen molar-refractivity contribution in [1.29, 1.82) is 0 Å². The van der Waals surface area contributed by atoms with E-state index in [9.17, 15) is 22.0 Å². The van der Waals surface area contributed by atoms with Crippen LogP contribution in [-0.2, 0) is 14.8 Å². The number of nitrogens with one attached hydrogen (secondary N) is 2. The van der Waals surface area contributed by atoms with Gasteiger partial charge >= 0.3 is 0 Å². The Hall–Kier alpha value is -2.52. The molecule has 1 amide bonds. The van der Waals surface area contributed by atoms with E-state index in [2.05, 4.69) is 10.0 Å². The number of methoxy groups -OCH3 is 1. The maximum Gasteiger partial charge on any atom is 0.241 e. The molecule has 26 heavy (non-hydrogen) atoms. The summed E-state index contributed by atoms with van der Waals surface area (Å²) in [7, 11) is -2.63. The largest absolute Gasteiger partial charge is 0.495 e. The van der Waals surface area contributed by atoms with Crippen molar-refractivity contribution in [3.63, 3.8) is 0 Å². The highest BCUT2D eigenvalue weighted by molar-refractivity contribution is 7.89. The van der Waals surface area contributed by atoms with Gasteiger partial charge < -0.3 is 10.1 Å². The van der Waals surface area contributed by atoms with Gasteiger partial charge in [0, 0.05) is 19.0 Å². The summed E-state index contributed by atoms with van der Waals surface area (Å²) < 4.78 is 58.9. The van der Waals surface area contributed by atoms with Gasteiger partial charge in [-0.3, -0.25) is 4.79 Å². The molecule has 0 radical (unpaired) electrons. The smallest absolute Gasteiger partial charge is 0.241 e. The van der Waals surface area contributed by atoms with Gasteiger partial charge in [-0.25, -0.2) is 21.9 Å². The predicted octanol–water partition coefficient (Wildman–Crippen LogP) is 2.97. The molecule has 2 aromatic rings. The van der Waals surface area contributed by atoms with Crippen LogP contribution in [-0.4, -0.2) is 21.4 Å². The van der Waals surface area contributed by atoms with Gasteiger partial charge in [0.15, 0.2) is 11.6 Å². The molecular formula is C17H18F2N2O4S. The molecule has 0 heterocycles. The number of anilines is 1. The summed E-state index contributed by atoms with van der Waals surface area (Å²) in [6.45, 7) is 2.82. The zero-order valence-corrected chi connectivity index (χ0v) is 15.2. The molecule has 0 aliphatic heterocycles. The van der Waals surface area contributed by atoms with Gasteiger partial charge in [0.2, 0.25) is 15.9 Å². The second-order valence-corrected chi connectivity index (χ2v) is 7.27. The third-order valence-electron chi connectivity index (χ3n) is 3.57. The van der Waals surface area contributed by atoms with Crippen molar-refractivity contribution in [3.8, 4) is 5.75 Å². The van der Waals surface area contributed by atoms with E-state index in [0.29, 0.717) is 5.69 Å². The molecular weight excluding hydrogens is 366 g/mol. The normalized spacial score (nSPS) is 12.5. The Kier molecular flexibility index (Phi) is 5.94. The minimum Gasteiger partial charge on any atom is -0.495 e. The predicted molar refractivity (Wildman–Crippen MR) is 92.4 cm³/mol. The Bertz CT molecular complexity index is 932. The number of amides is 1. The van der Waals surface area contributed by atoms with Crippen molar-refractivity contribution in [3.05, 3.63) is 53.6 Å². The van der Waals surface area contributed by atoms with E-state index in [1.54, 1.807) is 0 Å². The fourth-order valence-electron chi connectivity index (χ4n) is 2.28. The molecule has 2 aromatic carbocycles. The number of sulfonamides is 1. The molecule has 1 atom stereocenters. The highest BCUT2D eigenvalue weighted by Gasteiger charge is 2.21. The number of halogens is 2. The molecule has 140 valence electrons. The first-order valence-corrected chi connectivity index (χ1v) is 9.05. The third kappa shape index (κ3) is 4.55. The highest BCUT2D eigenvalue weighted by atomic mass is 32.2. The second kappa shape index (κ2) is 7.79. The van der Waals surface area contributed by atoms with Crippen LogP contribution in [0.3, 0.4) is 0 Å². The lowest BCUT2D eigenvalue weighted by molar-refractivity contribution is -0.114. The molecule has 2 rings (SSSR count). The highest BCUT2D eigenvalue weighted by Crippen LogP contribution is 2.28. The zero-order chi connectivity index (χ0) is 19.5. The van der Waals surface area contributed by atoms with E-state index < -0.39 is 27.7 Å². The number of hydrogen-bond donors (Lipinski definition) is 2. The van der Waals surface area contributed by atoms with Crippen LogP contribution in [0.25, 0.3) is 0 Å². The van der Waals surface area contributed by atoms with E-state index in [1.165, 1.54) is 45.2 Å². The van der Waals surface area contributed by atoms with E-state index >= 15 is 0 Å². The number of benzene rings is 2. The lowest BCUT2D eigenvalue weighted by Gasteiger charge is -2.16. The Morgan fingerprint density at radius 1 is 1.12 bits per heavy atom. The lowest BCUT2D eigenvalue weighted by Crippen LogP contribution is -2.27. The van der Waals surface area contributed by atoms with Gasteiger partial charge in [-0.15, -0.1) is 0 Å². The Morgan fingerprint density at radius 3 is 2.38 bits per heavy atom. The van der Waals surface area contributed by atoms with Crippen LogP contribution < -0.4 is 14.8 Å². The van der Waals surface area contributed by atoms with Crippen LogP contribution in [0.15, 0.2) is 41.3 Å². The van der Waals surface area contributed by atoms with Gasteiger partial charge in [0.25, 0.3) is 0 Å². The molecule has 0 spiro atoms. The SMILES string of the molecule is COc1cc(S(=O)(=O)N[C@@H](C)c2ccc(F)c(F)c2)ccc1NC(C)=O. The molecule has 0 bridgehead atoms. The van der Waals surface area contributed by atoms with Gasteiger partial charge in [-0.05, 0) is 36.8 Å². The first-order chi connectivity index (χ1) is 12.1. The van der Waals surface area contributed by atoms with E-state index in [-0.39, 0.29) is 22.1 Å². The summed E-state index contributed by atoms with van der Waals surface area (Å²) in [5.41, 5.74) is 0.599. The first kappa shape index (κ1) is 19.8. The van der Waals surface area contributed by atoms with E-state index in [1.807, 2.05) is 0 Å². The monoisotopic (exact) mass is 384 g/mol. The van der Waals surface area contributed by atoms with Gasteiger partial charge in [0.05, 0.1) is 17.7 Å². The zero-order valence-electron chi connectivity index (χ0n) is 14.3. The summed E-state index contributed by atoms with van der Waals surface area (Å²) >= 11 is 0. The fraction of sp³-hybridized carbons (Fsp3) is 0.235. The molecule has 0 aliphatic carbocycles. The lowest BCUT2D eigenvalue weighted by atomic mass is 10.1. The molecule has 0 aliphatic rings. The quantitative estimate of drug-likeness (QED) is 0.802. The van der Waals surface area contributed by atoms with Gasteiger partial charge in [-0.2, -0.15) is 0 Å². The second-order valence-electron chi connectivity index (χ2n) is 5.56. The average molecular weight is 384 g/mol. The minimum atomic E-state index is -3.97. The van der Waals surface area contributed by atoms with Crippen LogP contribution in [0.1, 0.15) is 25.5 Å². The van der Waals surface area contributed by atoms with Crippen LogP contribution in [0.4, 0.5) is 14.5 Å². The summed E-state index contributed by atoms with van der Waals surface area (Å²) in [6.07, 6.45) is 0. The maximum atomic E-state index is 13.3. The minimum absolute atomic E-state index is 0.0992. The third-order valence-corrected chi connectivity index (χ3v) is 5.11. The van der Waals surface area contributed by atoms with Crippen molar-refractivity contribution >= 4 is 21.6 Å². The number of carbonyl (C=O) groups is 1. The van der Waals surface area contributed by atoms with Crippen molar-refractivity contribution in [2.45, 2.75) is 24.8 Å². The Balaban J connectivity index is 2.28.